The van der Waals surface area contributed by atoms with Crippen molar-refractivity contribution in [3.05, 3.63) is 59.0 Å². The first-order valence-corrected chi connectivity index (χ1v) is 7.89. The Morgan fingerprint density at radius 1 is 1.23 bits per heavy atom. The zero-order chi connectivity index (χ0) is 15.5. The summed E-state index contributed by atoms with van der Waals surface area (Å²) in [7, 11) is 1.89. The molecule has 0 aliphatic carbocycles. The number of hydrogen-bond acceptors (Lipinski definition) is 4. The molecule has 0 aliphatic rings. The molecule has 0 amide bonds. The Morgan fingerprint density at radius 3 is 2.82 bits per heavy atom. The second-order valence-electron chi connectivity index (χ2n) is 4.60. The predicted molar refractivity (Wildman–Crippen MR) is 85.2 cm³/mol. The summed E-state index contributed by atoms with van der Waals surface area (Å²) in [5, 5.41) is 9.51. The average molecular weight is 335 g/mol. The van der Waals surface area contributed by atoms with Gasteiger partial charge in [0.15, 0.2) is 11.0 Å². The number of hydrogen-bond donors (Lipinski definition) is 0. The van der Waals surface area contributed by atoms with Crippen LogP contribution in [-0.4, -0.2) is 19.7 Å². The molecule has 4 nitrogen and oxygen atoms in total. The van der Waals surface area contributed by atoms with Gasteiger partial charge in [0.25, 0.3) is 0 Å². The van der Waals surface area contributed by atoms with Gasteiger partial charge >= 0.3 is 0 Å². The second-order valence-corrected chi connectivity index (χ2v) is 5.95. The third-order valence-electron chi connectivity index (χ3n) is 3.10. The van der Waals surface area contributed by atoms with Crippen molar-refractivity contribution < 1.29 is 4.39 Å². The van der Waals surface area contributed by atoms with Gasteiger partial charge in [-0.05, 0) is 29.8 Å². The lowest BCUT2D eigenvalue weighted by atomic mass is 10.2. The van der Waals surface area contributed by atoms with Crippen LogP contribution >= 0.6 is 23.4 Å². The fraction of sp³-hybridized carbons (Fsp3) is 0.133. The Morgan fingerprint density at radius 2 is 2.09 bits per heavy atom. The Bertz CT molecular complexity index is 791. The summed E-state index contributed by atoms with van der Waals surface area (Å²) in [5.74, 6) is 0.955. The van der Waals surface area contributed by atoms with E-state index in [1.165, 1.54) is 23.9 Å². The molecule has 0 N–H and O–H groups in total. The first kappa shape index (κ1) is 15.0. The largest absolute Gasteiger partial charge is 0.304 e. The molecule has 0 saturated carbocycles. The van der Waals surface area contributed by atoms with Crippen LogP contribution in [-0.2, 0) is 12.8 Å². The first-order chi connectivity index (χ1) is 10.6. The van der Waals surface area contributed by atoms with Gasteiger partial charge in [0.1, 0.15) is 11.5 Å². The summed E-state index contributed by atoms with van der Waals surface area (Å²) >= 11 is 7.52. The van der Waals surface area contributed by atoms with Crippen molar-refractivity contribution in [1.29, 1.82) is 0 Å². The minimum atomic E-state index is -0.338. The number of benzene rings is 1. The highest BCUT2D eigenvalue weighted by molar-refractivity contribution is 7.98. The molecule has 0 unspecified atom stereocenters. The molecule has 3 rings (SSSR count). The molecule has 0 spiro atoms. The molecule has 7 heteroatoms. The molecule has 2 aromatic heterocycles. The first-order valence-electron chi connectivity index (χ1n) is 6.52. The van der Waals surface area contributed by atoms with Crippen LogP contribution in [0.4, 0.5) is 4.39 Å². The topological polar surface area (TPSA) is 43.6 Å². The highest BCUT2D eigenvalue weighted by Crippen LogP contribution is 2.27. The van der Waals surface area contributed by atoms with Crippen molar-refractivity contribution in [3.63, 3.8) is 0 Å². The van der Waals surface area contributed by atoms with Crippen molar-refractivity contribution in [2.24, 2.45) is 7.05 Å². The van der Waals surface area contributed by atoms with E-state index in [0.29, 0.717) is 16.6 Å². The zero-order valence-electron chi connectivity index (χ0n) is 11.7. The van der Waals surface area contributed by atoms with Gasteiger partial charge < -0.3 is 4.57 Å². The van der Waals surface area contributed by atoms with E-state index < -0.39 is 0 Å². The standard InChI is InChI=1S/C15H12ClFN4S/c1-21-14(13-4-2-3-7-18-13)19-20-15(21)22-9-10-5-6-11(17)8-12(10)16/h2-8H,9H2,1H3. The summed E-state index contributed by atoms with van der Waals surface area (Å²) in [6.07, 6.45) is 1.72. The van der Waals surface area contributed by atoms with Crippen LogP contribution in [0.25, 0.3) is 11.5 Å². The third kappa shape index (κ3) is 3.13. The second kappa shape index (κ2) is 6.46. The van der Waals surface area contributed by atoms with Crippen LogP contribution in [0.2, 0.25) is 5.02 Å². The Kier molecular flexibility index (Phi) is 4.40. The Hall–Kier alpha value is -1.92. The van der Waals surface area contributed by atoms with Crippen LogP contribution in [0.3, 0.4) is 0 Å². The molecule has 3 aromatic rings. The molecular formula is C15H12ClFN4S. The molecule has 0 bridgehead atoms. The van der Waals surface area contributed by atoms with E-state index in [0.717, 1.165) is 16.4 Å². The van der Waals surface area contributed by atoms with Gasteiger partial charge in [0, 0.05) is 24.0 Å². The average Bonchev–Trinajstić information content (AvgIpc) is 2.88. The molecular weight excluding hydrogens is 323 g/mol. The highest BCUT2D eigenvalue weighted by atomic mass is 35.5. The van der Waals surface area contributed by atoms with Crippen LogP contribution in [0, 0.1) is 5.82 Å². The van der Waals surface area contributed by atoms with Crippen molar-refractivity contribution in [3.8, 4) is 11.5 Å². The molecule has 0 fully saturated rings. The van der Waals surface area contributed by atoms with Crippen LogP contribution in [0.5, 0.6) is 0 Å². The molecule has 0 saturated heterocycles. The summed E-state index contributed by atoms with van der Waals surface area (Å²) in [6, 6.07) is 10.0. The van der Waals surface area contributed by atoms with Crippen molar-refractivity contribution in [1.82, 2.24) is 19.7 Å². The van der Waals surface area contributed by atoms with Crippen LogP contribution < -0.4 is 0 Å². The maximum atomic E-state index is 13.0. The molecule has 112 valence electrons. The van der Waals surface area contributed by atoms with E-state index in [1.54, 1.807) is 12.3 Å². The van der Waals surface area contributed by atoms with E-state index in [2.05, 4.69) is 15.2 Å². The van der Waals surface area contributed by atoms with E-state index in [-0.39, 0.29) is 5.82 Å². The van der Waals surface area contributed by atoms with Crippen molar-refractivity contribution in [2.75, 3.05) is 0 Å². The number of thioether (sulfide) groups is 1. The quantitative estimate of drug-likeness (QED) is 0.677. The summed E-state index contributed by atoms with van der Waals surface area (Å²) in [5.41, 5.74) is 1.62. The molecule has 0 radical (unpaired) electrons. The minimum Gasteiger partial charge on any atom is -0.304 e. The predicted octanol–water partition coefficient (Wildman–Crippen LogP) is 3.96. The molecule has 0 aliphatic heterocycles. The number of halogens is 2. The summed E-state index contributed by atoms with van der Waals surface area (Å²) in [6.45, 7) is 0. The maximum absolute atomic E-state index is 13.0. The normalized spacial score (nSPS) is 10.9. The van der Waals surface area contributed by atoms with Gasteiger partial charge in [-0.3, -0.25) is 4.98 Å². The highest BCUT2D eigenvalue weighted by Gasteiger charge is 2.12. The fourth-order valence-corrected chi connectivity index (χ4v) is 3.17. The maximum Gasteiger partial charge on any atom is 0.191 e. The number of pyridine rings is 1. The van der Waals surface area contributed by atoms with Gasteiger partial charge in [-0.1, -0.05) is 35.5 Å². The summed E-state index contributed by atoms with van der Waals surface area (Å²) in [4.78, 5) is 4.27. The smallest absolute Gasteiger partial charge is 0.191 e. The van der Waals surface area contributed by atoms with Gasteiger partial charge in [-0.2, -0.15) is 0 Å². The van der Waals surface area contributed by atoms with Crippen molar-refractivity contribution >= 4 is 23.4 Å². The summed E-state index contributed by atoms with van der Waals surface area (Å²) < 4.78 is 14.9. The lowest BCUT2D eigenvalue weighted by Gasteiger charge is -2.05. The lowest BCUT2D eigenvalue weighted by molar-refractivity contribution is 0.627. The van der Waals surface area contributed by atoms with Gasteiger partial charge in [0.2, 0.25) is 0 Å². The van der Waals surface area contributed by atoms with E-state index in [4.69, 9.17) is 11.6 Å². The number of nitrogens with zero attached hydrogens (tertiary/aromatic N) is 4. The monoisotopic (exact) mass is 334 g/mol. The van der Waals surface area contributed by atoms with E-state index >= 15 is 0 Å². The Balaban J connectivity index is 1.78. The van der Waals surface area contributed by atoms with E-state index in [1.807, 2.05) is 29.8 Å². The zero-order valence-corrected chi connectivity index (χ0v) is 13.3. The van der Waals surface area contributed by atoms with Gasteiger partial charge in [0.05, 0.1) is 0 Å². The van der Waals surface area contributed by atoms with Crippen LogP contribution in [0.15, 0.2) is 47.8 Å². The Labute approximate surface area is 136 Å². The van der Waals surface area contributed by atoms with Gasteiger partial charge in [-0.15, -0.1) is 10.2 Å². The molecule has 0 atom stereocenters. The minimum absolute atomic E-state index is 0.338. The number of rotatable bonds is 4. The molecule has 2 heterocycles. The SMILES string of the molecule is Cn1c(SCc2ccc(F)cc2Cl)nnc1-c1ccccn1. The third-order valence-corrected chi connectivity index (χ3v) is 4.52. The van der Waals surface area contributed by atoms with Crippen LogP contribution in [0.1, 0.15) is 5.56 Å². The lowest BCUT2D eigenvalue weighted by Crippen LogP contribution is -1.96. The molecule has 1 aromatic carbocycles. The van der Waals surface area contributed by atoms with Crippen molar-refractivity contribution in [2.45, 2.75) is 10.9 Å². The molecule has 22 heavy (non-hydrogen) atoms. The fourth-order valence-electron chi connectivity index (χ4n) is 1.94. The van der Waals surface area contributed by atoms with Gasteiger partial charge in [-0.25, -0.2) is 4.39 Å². The van der Waals surface area contributed by atoms with E-state index in [9.17, 15) is 4.39 Å². The number of aromatic nitrogens is 4.